The summed E-state index contributed by atoms with van der Waals surface area (Å²) in [5, 5.41) is 12.1. The molecule has 1 fully saturated rings. The smallest absolute Gasteiger partial charge is 0.301 e. The highest BCUT2D eigenvalue weighted by Crippen LogP contribution is 2.46. The monoisotopic (exact) mass is 612 g/mol. The second-order valence-corrected chi connectivity index (χ2v) is 12.3. The van der Waals surface area contributed by atoms with Crippen LogP contribution in [-0.4, -0.2) is 41.1 Å². The van der Waals surface area contributed by atoms with Gasteiger partial charge >= 0.3 is 5.91 Å². The largest absolute Gasteiger partial charge is 0.507 e. The highest BCUT2D eigenvalue weighted by atomic mass is 32.1. The standard InChI is InChI=1S/C35H36N2O6S/c1-5-7-8-15-42-27-14-10-22(19-28(27)41-6-2)31-30(32(38)23-11-13-26-24(18-23)17-21(4)43-26)33(39)34(40)37(31)35-36-25-12-9-20(3)16-29(25)44-35/h9-14,16,18-19,21,31,38H,5-8,15,17H2,1-4H3/b32-30+/t21-,31-/m0/s1. The highest BCUT2D eigenvalue weighted by molar-refractivity contribution is 7.22. The van der Waals surface area contributed by atoms with Gasteiger partial charge in [-0.05, 0) is 86.3 Å². The summed E-state index contributed by atoms with van der Waals surface area (Å²) in [6, 6.07) is 15.7. The van der Waals surface area contributed by atoms with Crippen molar-refractivity contribution in [2.45, 2.75) is 65.5 Å². The molecule has 0 aliphatic carbocycles. The average Bonchev–Trinajstić information content (AvgIpc) is 3.67. The van der Waals surface area contributed by atoms with Crippen molar-refractivity contribution in [1.82, 2.24) is 4.98 Å². The van der Waals surface area contributed by atoms with E-state index in [1.807, 2.05) is 57.2 Å². The van der Waals surface area contributed by atoms with E-state index < -0.39 is 17.7 Å². The number of aryl methyl sites for hydroxylation is 1. The molecule has 2 aliphatic rings. The molecule has 2 atom stereocenters. The quantitative estimate of drug-likeness (QED) is 0.0856. The predicted octanol–water partition coefficient (Wildman–Crippen LogP) is 7.52. The number of ether oxygens (including phenoxy) is 3. The number of unbranched alkanes of at least 4 members (excludes halogenated alkanes) is 2. The van der Waals surface area contributed by atoms with Gasteiger partial charge in [0.25, 0.3) is 5.78 Å². The molecule has 1 aromatic heterocycles. The number of rotatable bonds is 10. The first-order valence-electron chi connectivity index (χ1n) is 15.2. The van der Waals surface area contributed by atoms with Gasteiger partial charge in [0.05, 0.1) is 35.0 Å². The van der Waals surface area contributed by atoms with Crippen LogP contribution in [0.1, 0.15) is 68.3 Å². The Morgan fingerprint density at radius 2 is 1.89 bits per heavy atom. The van der Waals surface area contributed by atoms with E-state index in [-0.39, 0.29) is 17.4 Å². The minimum absolute atomic E-state index is 0.00332. The first-order valence-corrected chi connectivity index (χ1v) is 16.0. The molecule has 3 aromatic carbocycles. The Morgan fingerprint density at radius 3 is 2.68 bits per heavy atom. The van der Waals surface area contributed by atoms with Gasteiger partial charge < -0.3 is 19.3 Å². The van der Waals surface area contributed by atoms with Crippen molar-refractivity contribution >= 4 is 44.1 Å². The Labute approximate surface area is 260 Å². The third kappa shape index (κ3) is 5.52. The van der Waals surface area contributed by atoms with Crippen LogP contribution in [0.15, 0.2) is 60.2 Å². The molecule has 9 heteroatoms. The maximum absolute atomic E-state index is 13.8. The number of ketones is 1. The molecular weight excluding hydrogens is 576 g/mol. The lowest BCUT2D eigenvalue weighted by Crippen LogP contribution is -2.29. The van der Waals surface area contributed by atoms with Crippen LogP contribution in [0.5, 0.6) is 17.2 Å². The molecule has 3 heterocycles. The number of carbonyl (C=O) groups excluding carboxylic acids is 2. The van der Waals surface area contributed by atoms with Crippen LogP contribution in [0.2, 0.25) is 0 Å². The Balaban J connectivity index is 1.49. The second kappa shape index (κ2) is 12.3. The number of hydrogen-bond donors (Lipinski definition) is 1. The molecule has 228 valence electrons. The zero-order valence-corrected chi connectivity index (χ0v) is 26.2. The van der Waals surface area contributed by atoms with E-state index in [1.165, 1.54) is 16.2 Å². The maximum atomic E-state index is 13.8. The van der Waals surface area contributed by atoms with Gasteiger partial charge in [-0.25, -0.2) is 4.98 Å². The van der Waals surface area contributed by atoms with Crippen molar-refractivity contribution < 1.29 is 28.9 Å². The summed E-state index contributed by atoms with van der Waals surface area (Å²) >= 11 is 1.34. The topological polar surface area (TPSA) is 98.2 Å². The number of amides is 1. The summed E-state index contributed by atoms with van der Waals surface area (Å²) in [7, 11) is 0. The van der Waals surface area contributed by atoms with Crippen molar-refractivity contribution in [1.29, 1.82) is 0 Å². The molecule has 1 saturated heterocycles. The second-order valence-electron chi connectivity index (χ2n) is 11.3. The van der Waals surface area contributed by atoms with Crippen molar-refractivity contribution in [3.8, 4) is 17.2 Å². The van der Waals surface area contributed by atoms with Gasteiger partial charge in [0.1, 0.15) is 17.6 Å². The molecule has 0 saturated carbocycles. The molecule has 8 nitrogen and oxygen atoms in total. The van der Waals surface area contributed by atoms with Crippen LogP contribution < -0.4 is 19.1 Å². The van der Waals surface area contributed by atoms with E-state index in [1.54, 1.807) is 18.2 Å². The van der Waals surface area contributed by atoms with Gasteiger partial charge in [0, 0.05) is 12.0 Å². The van der Waals surface area contributed by atoms with Gasteiger partial charge in [0.2, 0.25) is 0 Å². The Morgan fingerprint density at radius 1 is 1.05 bits per heavy atom. The average molecular weight is 613 g/mol. The third-order valence-electron chi connectivity index (χ3n) is 7.94. The number of Topliss-reactive ketones (excluding diaryl/α,β-unsaturated/α-hetero) is 1. The first kappa shape index (κ1) is 29.7. The van der Waals surface area contributed by atoms with Crippen LogP contribution in [0.25, 0.3) is 16.0 Å². The maximum Gasteiger partial charge on any atom is 0.301 e. The Kier molecular flexibility index (Phi) is 8.31. The zero-order chi connectivity index (χ0) is 31.0. The number of aromatic nitrogens is 1. The Hall–Kier alpha value is -4.37. The fraction of sp³-hybridized carbons (Fsp3) is 0.343. The molecule has 0 radical (unpaired) electrons. The number of nitrogens with zero attached hydrogens (tertiary/aromatic N) is 2. The first-order chi connectivity index (χ1) is 21.3. The molecule has 0 bridgehead atoms. The molecule has 2 aliphatic heterocycles. The van der Waals surface area contributed by atoms with Gasteiger partial charge in [0.15, 0.2) is 16.6 Å². The molecule has 44 heavy (non-hydrogen) atoms. The summed E-state index contributed by atoms with van der Waals surface area (Å²) < 4.78 is 18.8. The number of carbonyl (C=O) groups is 2. The number of fused-ring (bicyclic) bond motifs is 2. The van der Waals surface area contributed by atoms with E-state index in [9.17, 15) is 14.7 Å². The van der Waals surface area contributed by atoms with E-state index >= 15 is 0 Å². The zero-order valence-electron chi connectivity index (χ0n) is 25.4. The minimum Gasteiger partial charge on any atom is -0.507 e. The number of benzene rings is 3. The van der Waals surface area contributed by atoms with Crippen molar-refractivity contribution in [3.63, 3.8) is 0 Å². The molecule has 4 aromatic rings. The van der Waals surface area contributed by atoms with Crippen LogP contribution in [0, 0.1) is 6.92 Å². The Bertz CT molecular complexity index is 1780. The number of anilines is 1. The normalized spacial score (nSPS) is 19.0. The highest BCUT2D eigenvalue weighted by Gasteiger charge is 2.48. The van der Waals surface area contributed by atoms with E-state index in [2.05, 4.69) is 6.92 Å². The molecule has 6 rings (SSSR count). The summed E-state index contributed by atoms with van der Waals surface area (Å²) in [5.41, 5.74) is 3.79. The summed E-state index contributed by atoms with van der Waals surface area (Å²) in [5.74, 6) is 0.0939. The van der Waals surface area contributed by atoms with Crippen LogP contribution in [0.3, 0.4) is 0 Å². The van der Waals surface area contributed by atoms with Gasteiger partial charge in [-0.1, -0.05) is 43.2 Å². The summed E-state index contributed by atoms with van der Waals surface area (Å²) in [6.45, 7) is 8.97. The molecule has 0 spiro atoms. The number of thiazole rings is 1. The van der Waals surface area contributed by atoms with Gasteiger partial charge in [-0.2, -0.15) is 0 Å². The van der Waals surface area contributed by atoms with Crippen molar-refractivity contribution in [3.05, 3.63) is 82.4 Å². The lowest BCUT2D eigenvalue weighted by atomic mass is 9.94. The molecule has 1 N–H and O–H groups in total. The SMILES string of the molecule is CCCCCOc1ccc([C@H]2/C(=C(\O)c3ccc4c(c3)C[C@H](C)O4)C(=O)C(=O)N2c2nc3ccc(C)cc3s2)cc1OCC. The lowest BCUT2D eigenvalue weighted by Gasteiger charge is -2.24. The van der Waals surface area contributed by atoms with Crippen LogP contribution >= 0.6 is 11.3 Å². The summed E-state index contributed by atoms with van der Waals surface area (Å²) in [6.07, 6.45) is 3.78. The molecular formula is C35H36N2O6S. The van der Waals surface area contributed by atoms with E-state index in [0.29, 0.717) is 47.4 Å². The predicted molar refractivity (Wildman–Crippen MR) is 172 cm³/mol. The lowest BCUT2D eigenvalue weighted by molar-refractivity contribution is -0.132. The number of hydrogen-bond acceptors (Lipinski definition) is 8. The fourth-order valence-electron chi connectivity index (χ4n) is 5.81. The number of aliphatic hydroxyl groups excluding tert-OH is 1. The van der Waals surface area contributed by atoms with Gasteiger partial charge in [-0.15, -0.1) is 0 Å². The van der Waals surface area contributed by atoms with Crippen LogP contribution in [0.4, 0.5) is 5.13 Å². The van der Waals surface area contributed by atoms with Crippen LogP contribution in [-0.2, 0) is 16.0 Å². The molecule has 1 amide bonds. The number of aliphatic hydroxyl groups is 1. The van der Waals surface area contributed by atoms with Crippen molar-refractivity contribution in [2.24, 2.45) is 0 Å². The molecule has 0 unspecified atom stereocenters. The summed E-state index contributed by atoms with van der Waals surface area (Å²) in [4.78, 5) is 33.8. The van der Waals surface area contributed by atoms with Crippen molar-refractivity contribution in [2.75, 3.05) is 18.1 Å². The third-order valence-corrected chi connectivity index (χ3v) is 8.96. The van der Waals surface area contributed by atoms with Gasteiger partial charge in [-0.3, -0.25) is 14.5 Å². The fourth-order valence-corrected chi connectivity index (χ4v) is 6.90. The van der Waals surface area contributed by atoms with E-state index in [0.717, 1.165) is 46.4 Å². The minimum atomic E-state index is -0.937. The van der Waals surface area contributed by atoms with E-state index in [4.69, 9.17) is 19.2 Å².